The molecule has 0 aliphatic carbocycles. The molecule has 0 aliphatic heterocycles. The van der Waals surface area contributed by atoms with Gasteiger partial charge in [-0.25, -0.2) is 4.79 Å². The van der Waals surface area contributed by atoms with Gasteiger partial charge >= 0.3 is 5.97 Å². The van der Waals surface area contributed by atoms with Crippen molar-refractivity contribution in [2.45, 2.75) is 64.7 Å². The minimum absolute atomic E-state index is 0.395. The second-order valence-corrected chi connectivity index (χ2v) is 8.03. The third-order valence-corrected chi connectivity index (χ3v) is 5.22. The Hall–Kier alpha value is -1.74. The molecule has 0 radical (unpaired) electrons. The van der Waals surface area contributed by atoms with Gasteiger partial charge in [0.25, 0.3) is 0 Å². The van der Waals surface area contributed by atoms with Gasteiger partial charge in [0.1, 0.15) is 0 Å². The van der Waals surface area contributed by atoms with Crippen LogP contribution in [0.1, 0.15) is 70.2 Å². The maximum atomic E-state index is 11.2. The Kier molecular flexibility index (Phi) is 10.8. The van der Waals surface area contributed by atoms with Crippen LogP contribution in [0.15, 0.2) is 64.1 Å². The second kappa shape index (κ2) is 12.6. The van der Waals surface area contributed by atoms with E-state index in [2.05, 4.69) is 45.9 Å². The van der Waals surface area contributed by atoms with E-state index >= 15 is 0 Å². The molecule has 0 spiro atoms. The van der Waals surface area contributed by atoms with Crippen LogP contribution in [0.25, 0.3) is 0 Å². The third-order valence-electron chi connectivity index (χ3n) is 4.11. The van der Waals surface area contributed by atoms with Crippen LogP contribution in [0.5, 0.6) is 0 Å². The summed E-state index contributed by atoms with van der Waals surface area (Å²) in [5, 5.41) is 9.20. The summed E-state index contributed by atoms with van der Waals surface area (Å²) in [4.78, 5) is 12.0. The summed E-state index contributed by atoms with van der Waals surface area (Å²) in [5.74, 6) is 0.0470. The van der Waals surface area contributed by atoms with Gasteiger partial charge in [-0.2, -0.15) is 0 Å². The Morgan fingerprint density at radius 1 is 0.923 bits per heavy atom. The van der Waals surface area contributed by atoms with Crippen molar-refractivity contribution < 1.29 is 9.90 Å². The molecule has 1 rings (SSSR count). The van der Waals surface area contributed by atoms with E-state index in [1.165, 1.54) is 16.7 Å². The van der Waals surface area contributed by atoms with Crippen molar-refractivity contribution in [1.29, 1.82) is 0 Å². The van der Waals surface area contributed by atoms with E-state index in [9.17, 15) is 9.90 Å². The van der Waals surface area contributed by atoms with Gasteiger partial charge < -0.3 is 5.11 Å². The number of carboxylic acids is 1. The van der Waals surface area contributed by atoms with E-state index in [1.807, 2.05) is 12.1 Å². The molecule has 0 amide bonds. The Morgan fingerprint density at radius 2 is 1.50 bits per heavy atom. The lowest BCUT2D eigenvalue weighted by Crippen LogP contribution is -1.98. The van der Waals surface area contributed by atoms with Crippen LogP contribution < -0.4 is 0 Å². The summed E-state index contributed by atoms with van der Waals surface area (Å²) in [6.45, 7) is 8.69. The van der Waals surface area contributed by atoms with Crippen molar-refractivity contribution in [2.24, 2.45) is 0 Å². The number of rotatable bonds is 11. The summed E-state index contributed by atoms with van der Waals surface area (Å²) in [7, 11) is 0. The second-order valence-electron chi connectivity index (χ2n) is 6.90. The molecule has 0 saturated carbocycles. The maximum Gasteiger partial charge on any atom is 0.336 e. The lowest BCUT2D eigenvalue weighted by Gasteiger charge is -2.05. The zero-order valence-electron chi connectivity index (χ0n) is 16.5. The van der Waals surface area contributed by atoms with Crippen molar-refractivity contribution in [3.05, 3.63) is 64.8 Å². The molecule has 1 N–H and O–H groups in total. The van der Waals surface area contributed by atoms with E-state index in [4.69, 9.17) is 0 Å². The van der Waals surface area contributed by atoms with Crippen LogP contribution in [0.4, 0.5) is 0 Å². The van der Waals surface area contributed by atoms with E-state index in [1.54, 1.807) is 23.9 Å². The largest absolute Gasteiger partial charge is 0.478 e. The predicted molar refractivity (Wildman–Crippen MR) is 114 cm³/mol. The fraction of sp³-hybridized carbons (Fsp3) is 0.435. The van der Waals surface area contributed by atoms with Crippen LogP contribution in [-0.4, -0.2) is 16.8 Å². The van der Waals surface area contributed by atoms with Crippen LogP contribution in [-0.2, 0) is 0 Å². The predicted octanol–water partition coefficient (Wildman–Crippen LogP) is 7.29. The first kappa shape index (κ1) is 22.3. The first-order chi connectivity index (χ1) is 12.4. The lowest BCUT2D eigenvalue weighted by molar-refractivity contribution is 0.0693. The van der Waals surface area contributed by atoms with Gasteiger partial charge in [0, 0.05) is 10.6 Å². The molecule has 0 bridgehead atoms. The smallest absolute Gasteiger partial charge is 0.336 e. The fourth-order valence-corrected chi connectivity index (χ4v) is 3.52. The summed E-state index contributed by atoms with van der Waals surface area (Å²) >= 11 is 1.61. The number of hydrogen-bond donors (Lipinski definition) is 1. The molecule has 1 aromatic carbocycles. The van der Waals surface area contributed by atoms with E-state index < -0.39 is 5.97 Å². The van der Waals surface area contributed by atoms with Crippen molar-refractivity contribution in [3.63, 3.8) is 0 Å². The number of thioether (sulfide) groups is 1. The van der Waals surface area contributed by atoms with Crippen molar-refractivity contribution in [3.8, 4) is 0 Å². The molecular weight excluding hydrogens is 340 g/mol. The van der Waals surface area contributed by atoms with Gasteiger partial charge in [0.2, 0.25) is 0 Å². The zero-order chi connectivity index (χ0) is 19.4. The number of allylic oxidation sites excluding steroid dienone is 6. The van der Waals surface area contributed by atoms with Gasteiger partial charge in [-0.05, 0) is 71.9 Å². The first-order valence-corrected chi connectivity index (χ1v) is 10.3. The average molecular weight is 373 g/mol. The maximum absolute atomic E-state index is 11.2. The van der Waals surface area contributed by atoms with Crippen molar-refractivity contribution in [2.75, 3.05) is 5.75 Å². The molecule has 0 saturated heterocycles. The van der Waals surface area contributed by atoms with Gasteiger partial charge in [-0.1, -0.05) is 47.1 Å². The summed E-state index contributed by atoms with van der Waals surface area (Å²) in [6, 6.07) is 7.21. The average Bonchev–Trinajstić information content (AvgIpc) is 2.58. The first-order valence-electron chi connectivity index (χ1n) is 9.30. The molecule has 0 atom stereocenters. The number of benzene rings is 1. The number of hydrogen-bond acceptors (Lipinski definition) is 2. The standard InChI is InChI=1S/C23H32O2S/c1-18(2)10-7-11-19(3)12-8-13-20(4)14-9-17-26-22-16-6-5-15-21(22)23(24)25/h5-6,10,12,14-16H,7-9,11,13,17H2,1-4H3,(H,24,25). The molecule has 0 heterocycles. The minimum atomic E-state index is -0.855. The molecule has 0 fully saturated rings. The highest BCUT2D eigenvalue weighted by atomic mass is 32.2. The Balaban J connectivity index is 2.32. The van der Waals surface area contributed by atoms with Gasteiger partial charge in [-0.15, -0.1) is 11.8 Å². The van der Waals surface area contributed by atoms with Gasteiger partial charge in [-0.3, -0.25) is 0 Å². The molecule has 0 unspecified atom stereocenters. The fourth-order valence-electron chi connectivity index (χ4n) is 2.58. The molecular formula is C23H32O2S. The highest BCUT2D eigenvalue weighted by Gasteiger charge is 2.08. The zero-order valence-corrected chi connectivity index (χ0v) is 17.4. The van der Waals surface area contributed by atoms with E-state index in [-0.39, 0.29) is 0 Å². The van der Waals surface area contributed by atoms with Crippen LogP contribution >= 0.6 is 11.8 Å². The lowest BCUT2D eigenvalue weighted by atomic mass is 10.1. The Morgan fingerprint density at radius 3 is 2.12 bits per heavy atom. The molecule has 1 aromatic rings. The Bertz CT molecular complexity index is 665. The van der Waals surface area contributed by atoms with Gasteiger partial charge in [0.05, 0.1) is 5.56 Å². The summed E-state index contributed by atoms with van der Waals surface area (Å²) in [5.41, 5.74) is 4.66. The van der Waals surface area contributed by atoms with E-state index in [0.29, 0.717) is 5.56 Å². The monoisotopic (exact) mass is 372 g/mol. The molecule has 0 aromatic heterocycles. The number of aromatic carboxylic acids is 1. The topological polar surface area (TPSA) is 37.3 Å². The molecule has 142 valence electrons. The minimum Gasteiger partial charge on any atom is -0.478 e. The Labute approximate surface area is 163 Å². The number of carboxylic acid groups (broad SMARTS) is 1. The highest BCUT2D eigenvalue weighted by Crippen LogP contribution is 2.23. The summed E-state index contributed by atoms with van der Waals surface area (Å²) < 4.78 is 0. The number of carbonyl (C=O) groups is 1. The van der Waals surface area contributed by atoms with E-state index in [0.717, 1.165) is 42.8 Å². The SMILES string of the molecule is CC(C)=CCCC(C)=CCCC(C)=CCCSc1ccccc1C(=O)O. The van der Waals surface area contributed by atoms with Gasteiger partial charge in [0.15, 0.2) is 0 Å². The quantitative estimate of drug-likeness (QED) is 0.252. The molecule has 0 aliphatic rings. The normalized spacial score (nSPS) is 12.2. The van der Waals surface area contributed by atoms with Crippen LogP contribution in [0.3, 0.4) is 0 Å². The van der Waals surface area contributed by atoms with Crippen LogP contribution in [0.2, 0.25) is 0 Å². The van der Waals surface area contributed by atoms with Crippen LogP contribution in [0, 0.1) is 0 Å². The molecule has 2 nitrogen and oxygen atoms in total. The van der Waals surface area contributed by atoms with Crippen molar-refractivity contribution >= 4 is 17.7 Å². The summed E-state index contributed by atoms with van der Waals surface area (Å²) in [6.07, 6.45) is 12.4. The molecule has 3 heteroatoms. The molecule has 26 heavy (non-hydrogen) atoms. The highest BCUT2D eigenvalue weighted by molar-refractivity contribution is 7.99. The van der Waals surface area contributed by atoms with Crippen molar-refractivity contribution in [1.82, 2.24) is 0 Å². The third kappa shape index (κ3) is 9.67.